The van der Waals surface area contributed by atoms with Gasteiger partial charge in [-0.05, 0) is 25.7 Å². The molecule has 1 fully saturated rings. The summed E-state index contributed by atoms with van der Waals surface area (Å²) in [7, 11) is 0. The van der Waals surface area contributed by atoms with Gasteiger partial charge in [-0.1, -0.05) is 0 Å². The van der Waals surface area contributed by atoms with E-state index in [9.17, 15) is 0 Å². The number of hydrogen-bond donors (Lipinski definition) is 1. The summed E-state index contributed by atoms with van der Waals surface area (Å²) in [6.45, 7) is 4.28. The maximum Gasteiger partial charge on any atom is 0.135 e. The van der Waals surface area contributed by atoms with E-state index < -0.39 is 0 Å². The Morgan fingerprint density at radius 1 is 1.06 bits per heavy atom. The summed E-state index contributed by atoms with van der Waals surface area (Å²) >= 11 is 0. The van der Waals surface area contributed by atoms with Crippen LogP contribution in [0.15, 0.2) is 6.33 Å². The Labute approximate surface area is 96.1 Å². The van der Waals surface area contributed by atoms with Gasteiger partial charge in [0.2, 0.25) is 0 Å². The van der Waals surface area contributed by atoms with E-state index in [0.717, 1.165) is 39.0 Å². The molecule has 1 aromatic heterocycles. The molecule has 0 spiro atoms. The lowest BCUT2D eigenvalue weighted by Gasteiger charge is -2.31. The van der Waals surface area contributed by atoms with E-state index in [4.69, 9.17) is 0 Å². The van der Waals surface area contributed by atoms with Crippen LogP contribution in [0.3, 0.4) is 0 Å². The zero-order valence-corrected chi connectivity index (χ0v) is 9.58. The third-order valence-corrected chi connectivity index (χ3v) is 3.52. The lowest BCUT2D eigenvalue weighted by atomic mass is 9.96. The van der Waals surface area contributed by atoms with E-state index in [1.165, 1.54) is 29.9 Å². The second kappa shape index (κ2) is 4.37. The third kappa shape index (κ3) is 1.78. The summed E-state index contributed by atoms with van der Waals surface area (Å²) in [6.07, 6.45) is 6.61. The minimum absolute atomic E-state index is 1.07. The number of aryl methyl sites for hydroxylation is 1. The summed E-state index contributed by atoms with van der Waals surface area (Å²) in [6, 6.07) is 0. The summed E-state index contributed by atoms with van der Waals surface area (Å²) < 4.78 is 0. The lowest BCUT2D eigenvalue weighted by Crippen LogP contribution is -2.44. The number of anilines is 1. The van der Waals surface area contributed by atoms with Crippen molar-refractivity contribution in [2.45, 2.75) is 25.7 Å². The third-order valence-electron chi connectivity index (χ3n) is 3.52. The van der Waals surface area contributed by atoms with Crippen molar-refractivity contribution in [3.8, 4) is 0 Å². The molecule has 0 unspecified atom stereocenters. The van der Waals surface area contributed by atoms with Crippen LogP contribution >= 0.6 is 0 Å². The van der Waals surface area contributed by atoms with Gasteiger partial charge in [-0.15, -0.1) is 0 Å². The van der Waals surface area contributed by atoms with E-state index in [1.54, 1.807) is 6.33 Å². The van der Waals surface area contributed by atoms with Crippen LogP contribution in [0.2, 0.25) is 0 Å². The number of nitrogens with one attached hydrogen (secondary N) is 1. The van der Waals surface area contributed by atoms with Gasteiger partial charge in [-0.2, -0.15) is 0 Å². The van der Waals surface area contributed by atoms with Crippen molar-refractivity contribution in [1.29, 1.82) is 0 Å². The van der Waals surface area contributed by atoms with Crippen LogP contribution in [0.5, 0.6) is 0 Å². The van der Waals surface area contributed by atoms with Crippen LogP contribution in [0.25, 0.3) is 0 Å². The molecular weight excluding hydrogens is 200 g/mol. The van der Waals surface area contributed by atoms with E-state index in [2.05, 4.69) is 20.2 Å². The van der Waals surface area contributed by atoms with Gasteiger partial charge in [0.1, 0.15) is 12.1 Å². The quantitative estimate of drug-likeness (QED) is 0.756. The van der Waals surface area contributed by atoms with Gasteiger partial charge in [0.15, 0.2) is 0 Å². The van der Waals surface area contributed by atoms with Crippen molar-refractivity contribution < 1.29 is 0 Å². The van der Waals surface area contributed by atoms with Crippen molar-refractivity contribution in [1.82, 2.24) is 15.3 Å². The molecule has 1 aromatic rings. The van der Waals surface area contributed by atoms with Gasteiger partial charge in [-0.25, -0.2) is 9.97 Å². The van der Waals surface area contributed by atoms with Crippen LogP contribution in [-0.2, 0) is 12.8 Å². The number of nitrogens with zero attached hydrogens (tertiary/aromatic N) is 3. The first-order chi connectivity index (χ1) is 7.95. The van der Waals surface area contributed by atoms with Crippen molar-refractivity contribution in [3.05, 3.63) is 17.6 Å². The SMILES string of the molecule is c1nc2c(c(N3CCNCC3)n1)CCCC2. The molecule has 86 valence electrons. The van der Waals surface area contributed by atoms with Crippen molar-refractivity contribution >= 4 is 5.82 Å². The fourth-order valence-electron chi connectivity index (χ4n) is 2.65. The molecule has 1 aliphatic carbocycles. The number of rotatable bonds is 1. The second-order valence-electron chi connectivity index (χ2n) is 4.57. The van der Waals surface area contributed by atoms with E-state index >= 15 is 0 Å². The molecule has 16 heavy (non-hydrogen) atoms. The molecule has 0 amide bonds. The normalized spacial score (nSPS) is 20.6. The van der Waals surface area contributed by atoms with Crippen LogP contribution in [0.4, 0.5) is 5.82 Å². The molecule has 1 aliphatic heterocycles. The zero-order valence-electron chi connectivity index (χ0n) is 9.58. The molecule has 4 heteroatoms. The molecule has 0 aromatic carbocycles. The first-order valence-corrected chi connectivity index (χ1v) is 6.23. The molecule has 2 heterocycles. The second-order valence-corrected chi connectivity index (χ2v) is 4.57. The maximum atomic E-state index is 4.50. The number of fused-ring (bicyclic) bond motifs is 1. The Hall–Kier alpha value is -1.16. The summed E-state index contributed by atoms with van der Waals surface area (Å²) in [5.74, 6) is 1.20. The summed E-state index contributed by atoms with van der Waals surface area (Å²) in [4.78, 5) is 11.3. The smallest absolute Gasteiger partial charge is 0.135 e. The topological polar surface area (TPSA) is 41.1 Å². The highest BCUT2D eigenvalue weighted by atomic mass is 15.2. The number of piperazine rings is 1. The molecule has 0 radical (unpaired) electrons. The summed E-state index contributed by atoms with van der Waals surface area (Å²) in [5, 5.41) is 3.38. The van der Waals surface area contributed by atoms with Gasteiger partial charge in [0.05, 0.1) is 0 Å². The first kappa shape index (κ1) is 10.0. The van der Waals surface area contributed by atoms with Crippen LogP contribution in [-0.4, -0.2) is 36.1 Å². The van der Waals surface area contributed by atoms with Gasteiger partial charge >= 0.3 is 0 Å². The van der Waals surface area contributed by atoms with Gasteiger partial charge < -0.3 is 10.2 Å². The van der Waals surface area contributed by atoms with E-state index in [-0.39, 0.29) is 0 Å². The van der Waals surface area contributed by atoms with E-state index in [0.29, 0.717) is 0 Å². The largest absolute Gasteiger partial charge is 0.354 e. The predicted molar refractivity (Wildman–Crippen MR) is 63.8 cm³/mol. The highest BCUT2D eigenvalue weighted by Gasteiger charge is 2.20. The first-order valence-electron chi connectivity index (χ1n) is 6.23. The highest BCUT2D eigenvalue weighted by Crippen LogP contribution is 2.26. The fourth-order valence-corrected chi connectivity index (χ4v) is 2.65. The Kier molecular flexibility index (Phi) is 2.74. The molecule has 0 saturated carbocycles. The monoisotopic (exact) mass is 218 g/mol. The molecule has 0 bridgehead atoms. The van der Waals surface area contributed by atoms with Crippen LogP contribution < -0.4 is 10.2 Å². The molecule has 3 rings (SSSR count). The standard InChI is InChI=1S/C12H18N4/c1-2-4-11-10(3-1)12(15-9-14-11)16-7-5-13-6-8-16/h9,13H,1-8H2. The maximum absolute atomic E-state index is 4.50. The van der Waals surface area contributed by atoms with Crippen LogP contribution in [0, 0.1) is 0 Å². The van der Waals surface area contributed by atoms with Crippen molar-refractivity contribution in [2.24, 2.45) is 0 Å². The fraction of sp³-hybridized carbons (Fsp3) is 0.667. The number of hydrogen-bond acceptors (Lipinski definition) is 4. The van der Waals surface area contributed by atoms with Crippen molar-refractivity contribution in [2.75, 3.05) is 31.1 Å². The molecule has 2 aliphatic rings. The average Bonchev–Trinajstić information content (AvgIpc) is 2.39. The summed E-state index contributed by atoms with van der Waals surface area (Å²) in [5.41, 5.74) is 2.70. The Morgan fingerprint density at radius 3 is 2.75 bits per heavy atom. The average molecular weight is 218 g/mol. The van der Waals surface area contributed by atoms with E-state index in [1.807, 2.05) is 0 Å². The van der Waals surface area contributed by atoms with Crippen molar-refractivity contribution in [3.63, 3.8) is 0 Å². The molecular formula is C12H18N4. The number of aromatic nitrogens is 2. The minimum Gasteiger partial charge on any atom is -0.354 e. The predicted octanol–water partition coefficient (Wildman–Crippen LogP) is 0.765. The lowest BCUT2D eigenvalue weighted by molar-refractivity contribution is 0.576. The van der Waals surface area contributed by atoms with Gasteiger partial charge in [-0.3, -0.25) is 0 Å². The van der Waals surface area contributed by atoms with Crippen LogP contribution in [0.1, 0.15) is 24.1 Å². The molecule has 1 saturated heterocycles. The molecule has 0 atom stereocenters. The molecule has 1 N–H and O–H groups in total. The molecule has 4 nitrogen and oxygen atoms in total. The Bertz CT molecular complexity index is 371. The Morgan fingerprint density at radius 2 is 1.88 bits per heavy atom. The Balaban J connectivity index is 1.93. The van der Waals surface area contributed by atoms with Gasteiger partial charge in [0.25, 0.3) is 0 Å². The van der Waals surface area contributed by atoms with Gasteiger partial charge in [0, 0.05) is 37.4 Å². The zero-order chi connectivity index (χ0) is 10.8. The highest BCUT2D eigenvalue weighted by molar-refractivity contribution is 5.49. The minimum atomic E-state index is 1.07.